The van der Waals surface area contributed by atoms with Crippen LogP contribution in [0.5, 0.6) is 5.75 Å². The lowest BCUT2D eigenvalue weighted by atomic mass is 10.1. The molecule has 1 heterocycles. The minimum atomic E-state index is -0.314. The number of hydrogen-bond acceptors (Lipinski definition) is 4. The van der Waals surface area contributed by atoms with Gasteiger partial charge in [0.15, 0.2) is 0 Å². The second-order valence-electron chi connectivity index (χ2n) is 6.24. The van der Waals surface area contributed by atoms with Gasteiger partial charge in [0, 0.05) is 42.9 Å². The zero-order valence-electron chi connectivity index (χ0n) is 15.2. The molecule has 0 aromatic heterocycles. The van der Waals surface area contributed by atoms with Gasteiger partial charge >= 0.3 is 0 Å². The van der Waals surface area contributed by atoms with Crippen molar-refractivity contribution in [3.63, 3.8) is 0 Å². The molecule has 0 aliphatic carbocycles. The van der Waals surface area contributed by atoms with Crippen LogP contribution in [0.15, 0.2) is 48.5 Å². The number of nitrogens with one attached hydrogen (secondary N) is 2. The van der Waals surface area contributed by atoms with Crippen LogP contribution >= 0.6 is 0 Å². The Bertz CT molecular complexity index is 881. The summed E-state index contributed by atoms with van der Waals surface area (Å²) < 4.78 is 5.20. The quantitative estimate of drug-likeness (QED) is 0.840. The fourth-order valence-corrected chi connectivity index (χ4v) is 3.05. The Labute approximate surface area is 157 Å². The third kappa shape index (κ3) is 4.08. The largest absolute Gasteiger partial charge is 0.497 e. The van der Waals surface area contributed by atoms with Crippen LogP contribution in [0.3, 0.4) is 0 Å². The molecule has 2 aromatic carbocycles. The number of hydrogen-bond donors (Lipinski definition) is 2. The number of carbonyl (C=O) groups excluding carboxylic acids is 3. The van der Waals surface area contributed by atoms with E-state index in [1.807, 2.05) is 18.2 Å². The van der Waals surface area contributed by atoms with Crippen molar-refractivity contribution >= 4 is 23.4 Å². The highest BCUT2D eigenvalue weighted by Gasteiger charge is 2.32. The summed E-state index contributed by atoms with van der Waals surface area (Å²) >= 11 is 0. The number of anilines is 1. The van der Waals surface area contributed by atoms with Gasteiger partial charge in [0.1, 0.15) is 5.75 Å². The van der Waals surface area contributed by atoms with E-state index < -0.39 is 0 Å². The standard InChI is InChI=1S/C20H21N3O4/c1-21-19(25)13-5-3-6-14(9-13)20(26)22-15-10-18(24)23(12-15)16-7-4-8-17(11-16)27-2/h3-9,11,15H,10,12H2,1-2H3,(H,21,25)(H,22,26). The summed E-state index contributed by atoms with van der Waals surface area (Å²) in [4.78, 5) is 38.2. The van der Waals surface area contributed by atoms with Crippen LogP contribution in [0.1, 0.15) is 27.1 Å². The van der Waals surface area contributed by atoms with Crippen molar-refractivity contribution in [2.45, 2.75) is 12.5 Å². The van der Waals surface area contributed by atoms with Gasteiger partial charge in [-0.25, -0.2) is 0 Å². The molecule has 0 spiro atoms. The zero-order chi connectivity index (χ0) is 19.4. The average Bonchev–Trinajstić information content (AvgIpc) is 3.07. The lowest BCUT2D eigenvalue weighted by Crippen LogP contribution is -2.37. The summed E-state index contributed by atoms with van der Waals surface area (Å²) in [5.74, 6) is 0.0300. The normalized spacial score (nSPS) is 16.1. The summed E-state index contributed by atoms with van der Waals surface area (Å²) in [5.41, 5.74) is 1.52. The van der Waals surface area contributed by atoms with Gasteiger partial charge in [0.05, 0.1) is 13.2 Å². The number of methoxy groups -OCH3 is 1. The van der Waals surface area contributed by atoms with Gasteiger partial charge in [0.25, 0.3) is 11.8 Å². The maximum absolute atomic E-state index is 12.5. The fraction of sp³-hybridized carbons (Fsp3) is 0.250. The minimum Gasteiger partial charge on any atom is -0.497 e. The summed E-state index contributed by atoms with van der Waals surface area (Å²) in [6, 6.07) is 13.4. The first kappa shape index (κ1) is 18.4. The molecule has 0 saturated carbocycles. The molecule has 1 aliphatic rings. The Morgan fingerprint density at radius 2 is 1.78 bits per heavy atom. The molecule has 0 bridgehead atoms. The van der Waals surface area contributed by atoms with Crippen molar-refractivity contribution in [1.29, 1.82) is 0 Å². The van der Waals surface area contributed by atoms with Gasteiger partial charge in [-0.15, -0.1) is 0 Å². The van der Waals surface area contributed by atoms with Gasteiger partial charge in [-0.2, -0.15) is 0 Å². The van der Waals surface area contributed by atoms with Crippen LogP contribution in [-0.2, 0) is 4.79 Å². The number of nitrogens with zero attached hydrogens (tertiary/aromatic N) is 1. The van der Waals surface area contributed by atoms with E-state index in [0.29, 0.717) is 23.4 Å². The number of rotatable bonds is 5. The van der Waals surface area contributed by atoms with Crippen LogP contribution in [0.4, 0.5) is 5.69 Å². The van der Waals surface area contributed by atoms with E-state index in [9.17, 15) is 14.4 Å². The molecule has 3 rings (SSSR count). The molecule has 27 heavy (non-hydrogen) atoms. The lowest BCUT2D eigenvalue weighted by Gasteiger charge is -2.18. The predicted molar refractivity (Wildman–Crippen MR) is 101 cm³/mol. The van der Waals surface area contributed by atoms with Gasteiger partial charge in [-0.1, -0.05) is 12.1 Å². The molecule has 1 saturated heterocycles. The highest BCUT2D eigenvalue weighted by molar-refractivity contribution is 6.01. The van der Waals surface area contributed by atoms with E-state index in [1.54, 1.807) is 36.3 Å². The van der Waals surface area contributed by atoms with Gasteiger partial charge in [-0.3, -0.25) is 14.4 Å². The third-order valence-electron chi connectivity index (χ3n) is 4.44. The number of ether oxygens (including phenoxy) is 1. The minimum absolute atomic E-state index is 0.0623. The highest BCUT2D eigenvalue weighted by atomic mass is 16.5. The van der Waals surface area contributed by atoms with Crippen LogP contribution in [-0.4, -0.2) is 44.5 Å². The second kappa shape index (κ2) is 7.90. The smallest absolute Gasteiger partial charge is 0.251 e. The Hall–Kier alpha value is -3.35. The Balaban J connectivity index is 1.69. The maximum atomic E-state index is 12.5. The first-order valence-electron chi connectivity index (χ1n) is 8.59. The van der Waals surface area contributed by atoms with Gasteiger partial charge in [0.2, 0.25) is 5.91 Å². The van der Waals surface area contributed by atoms with Crippen molar-refractivity contribution in [1.82, 2.24) is 10.6 Å². The zero-order valence-corrected chi connectivity index (χ0v) is 15.2. The second-order valence-corrected chi connectivity index (χ2v) is 6.24. The summed E-state index contributed by atoms with van der Waals surface area (Å²) in [5, 5.41) is 5.40. The Morgan fingerprint density at radius 3 is 2.48 bits per heavy atom. The topological polar surface area (TPSA) is 87.7 Å². The molecular weight excluding hydrogens is 346 g/mol. The summed E-state index contributed by atoms with van der Waals surface area (Å²) in [7, 11) is 3.10. The van der Waals surface area contributed by atoms with Gasteiger partial charge < -0.3 is 20.3 Å². The highest BCUT2D eigenvalue weighted by Crippen LogP contribution is 2.25. The molecule has 1 fully saturated rings. The van der Waals surface area contributed by atoms with Crippen molar-refractivity contribution in [2.24, 2.45) is 0 Å². The predicted octanol–water partition coefficient (Wildman–Crippen LogP) is 1.59. The number of carbonyl (C=O) groups is 3. The molecule has 7 nitrogen and oxygen atoms in total. The lowest BCUT2D eigenvalue weighted by molar-refractivity contribution is -0.117. The molecular formula is C20H21N3O4. The van der Waals surface area contributed by atoms with Crippen molar-refractivity contribution in [2.75, 3.05) is 25.6 Å². The van der Waals surface area contributed by atoms with E-state index in [0.717, 1.165) is 5.69 Å². The van der Waals surface area contributed by atoms with Crippen LogP contribution < -0.4 is 20.3 Å². The first-order chi connectivity index (χ1) is 13.0. The number of amides is 3. The van der Waals surface area contributed by atoms with Crippen LogP contribution in [0.25, 0.3) is 0 Å². The monoisotopic (exact) mass is 367 g/mol. The SMILES string of the molecule is CNC(=O)c1cccc(C(=O)NC2CC(=O)N(c3cccc(OC)c3)C2)c1. The molecule has 2 N–H and O–H groups in total. The molecule has 1 atom stereocenters. The van der Waals surface area contributed by atoms with Crippen LogP contribution in [0, 0.1) is 0 Å². The van der Waals surface area contributed by atoms with E-state index in [1.165, 1.54) is 13.1 Å². The molecule has 1 aliphatic heterocycles. The summed E-state index contributed by atoms with van der Waals surface area (Å²) in [6.45, 7) is 0.382. The Kier molecular flexibility index (Phi) is 5.40. The van der Waals surface area contributed by atoms with Crippen LogP contribution in [0.2, 0.25) is 0 Å². The average molecular weight is 367 g/mol. The number of benzene rings is 2. The van der Waals surface area contributed by atoms with E-state index in [2.05, 4.69) is 10.6 Å². The fourth-order valence-electron chi connectivity index (χ4n) is 3.05. The third-order valence-corrected chi connectivity index (χ3v) is 4.44. The molecule has 3 amide bonds. The Morgan fingerprint density at radius 1 is 1.07 bits per heavy atom. The first-order valence-corrected chi connectivity index (χ1v) is 8.59. The molecule has 0 radical (unpaired) electrons. The molecule has 1 unspecified atom stereocenters. The summed E-state index contributed by atoms with van der Waals surface area (Å²) in [6.07, 6.45) is 0.220. The molecule has 7 heteroatoms. The van der Waals surface area contributed by atoms with Crippen molar-refractivity contribution in [3.05, 3.63) is 59.7 Å². The van der Waals surface area contributed by atoms with Crippen molar-refractivity contribution in [3.8, 4) is 5.75 Å². The molecule has 2 aromatic rings. The van der Waals surface area contributed by atoms with Gasteiger partial charge in [-0.05, 0) is 30.3 Å². The maximum Gasteiger partial charge on any atom is 0.251 e. The van der Waals surface area contributed by atoms with E-state index in [-0.39, 0.29) is 30.2 Å². The van der Waals surface area contributed by atoms with Crippen molar-refractivity contribution < 1.29 is 19.1 Å². The van der Waals surface area contributed by atoms with E-state index in [4.69, 9.17) is 4.74 Å². The molecule has 140 valence electrons. The van der Waals surface area contributed by atoms with E-state index >= 15 is 0 Å².